The van der Waals surface area contributed by atoms with Crippen molar-refractivity contribution in [2.45, 2.75) is 24.0 Å². The molecule has 0 spiro atoms. The molecule has 5 rings (SSSR count). The topological polar surface area (TPSA) is 63.4 Å². The van der Waals surface area contributed by atoms with Crippen LogP contribution in [0.25, 0.3) is 6.08 Å². The zero-order valence-electron chi connectivity index (χ0n) is 15.4. The molecule has 6 heteroatoms. The smallest absolute Gasteiger partial charge is 0.245 e. The van der Waals surface area contributed by atoms with Gasteiger partial charge in [0.05, 0.1) is 10.8 Å². The van der Waals surface area contributed by atoms with Gasteiger partial charge in [0, 0.05) is 10.6 Å². The molecule has 2 aliphatic rings. The molecule has 0 N–H and O–H groups in total. The number of para-hydroxylation sites is 1. The van der Waals surface area contributed by atoms with Crippen molar-refractivity contribution in [2.75, 3.05) is 4.90 Å². The first kappa shape index (κ1) is 17.8. The maximum absolute atomic E-state index is 13.6. The Morgan fingerprint density at radius 3 is 2.48 bits per heavy atom. The highest BCUT2D eigenvalue weighted by Crippen LogP contribution is 2.47. The zero-order chi connectivity index (χ0) is 20.0. The highest BCUT2D eigenvalue weighted by molar-refractivity contribution is 7.12. The summed E-state index contributed by atoms with van der Waals surface area (Å²) >= 11 is 1.38. The second-order valence-electron chi connectivity index (χ2n) is 7.31. The first-order valence-electron chi connectivity index (χ1n) is 9.48. The van der Waals surface area contributed by atoms with E-state index >= 15 is 0 Å². The third-order valence-corrected chi connectivity index (χ3v) is 6.71. The Kier molecular flexibility index (Phi) is 4.28. The molecular formula is C23H18N2O3S. The summed E-state index contributed by atoms with van der Waals surface area (Å²) in [6, 6.07) is 18.8. The fraction of sp³-hybridized carbons (Fsp3) is 0.174. The highest BCUT2D eigenvalue weighted by Gasteiger charge is 2.58. The summed E-state index contributed by atoms with van der Waals surface area (Å²) in [5, 5.41) is 14.1. The summed E-state index contributed by atoms with van der Waals surface area (Å²) in [4.78, 5) is 28.3. The Balaban J connectivity index is 1.73. The van der Waals surface area contributed by atoms with Crippen LogP contribution >= 0.6 is 11.3 Å². The lowest BCUT2D eigenvalue weighted by Gasteiger charge is -2.34. The molecule has 0 unspecified atom stereocenters. The van der Waals surface area contributed by atoms with E-state index < -0.39 is 24.0 Å². The van der Waals surface area contributed by atoms with Gasteiger partial charge in [-0.1, -0.05) is 66.7 Å². The van der Waals surface area contributed by atoms with Gasteiger partial charge >= 0.3 is 0 Å². The second kappa shape index (κ2) is 6.97. The van der Waals surface area contributed by atoms with Crippen molar-refractivity contribution in [3.63, 3.8) is 0 Å². The quantitative estimate of drug-likeness (QED) is 0.362. The summed E-state index contributed by atoms with van der Waals surface area (Å²) in [6.07, 6.45) is 3.82. The second-order valence-corrected chi connectivity index (χ2v) is 8.26. The van der Waals surface area contributed by atoms with Crippen molar-refractivity contribution in [1.82, 2.24) is 0 Å². The number of nitrogens with zero attached hydrogens (tertiary/aromatic N) is 2. The molecule has 2 aromatic carbocycles. The highest BCUT2D eigenvalue weighted by atomic mass is 32.1. The summed E-state index contributed by atoms with van der Waals surface area (Å²) in [5.41, 5.74) is 2.67. The number of carbonyl (C=O) groups is 1. The molecule has 4 atom stereocenters. The van der Waals surface area contributed by atoms with E-state index in [1.165, 1.54) is 11.3 Å². The zero-order valence-corrected chi connectivity index (χ0v) is 16.2. The molecule has 3 aromatic rings. The maximum atomic E-state index is 13.6. The SMILES string of the molecule is O=C(c1cccs1)[C@H]1[C@H](c2ccccc2)[C@@H]([N+](=O)[O-])[C@@H]2C=Cc3ccccc3N21. The molecule has 3 heterocycles. The van der Waals surface area contributed by atoms with Gasteiger partial charge in [0.25, 0.3) is 0 Å². The van der Waals surface area contributed by atoms with E-state index in [1.807, 2.05) is 83.1 Å². The number of thiophene rings is 1. The number of anilines is 1. The van der Waals surface area contributed by atoms with Gasteiger partial charge < -0.3 is 4.90 Å². The van der Waals surface area contributed by atoms with Crippen LogP contribution in [0.5, 0.6) is 0 Å². The molecule has 2 aliphatic heterocycles. The number of hydrogen-bond acceptors (Lipinski definition) is 5. The largest absolute Gasteiger partial charge is 0.346 e. The van der Waals surface area contributed by atoms with Crippen LogP contribution in [0.2, 0.25) is 0 Å². The molecule has 29 heavy (non-hydrogen) atoms. The van der Waals surface area contributed by atoms with Gasteiger partial charge in [0.1, 0.15) is 12.1 Å². The lowest BCUT2D eigenvalue weighted by Crippen LogP contribution is -2.44. The van der Waals surface area contributed by atoms with Gasteiger partial charge in [-0.05, 0) is 28.6 Å². The molecule has 5 nitrogen and oxygen atoms in total. The predicted molar refractivity (Wildman–Crippen MR) is 114 cm³/mol. The normalized spacial score (nSPS) is 24.8. The molecule has 0 bridgehead atoms. The van der Waals surface area contributed by atoms with E-state index in [0.717, 1.165) is 16.8 Å². The Labute approximate surface area is 172 Å². The van der Waals surface area contributed by atoms with E-state index in [-0.39, 0.29) is 10.7 Å². The van der Waals surface area contributed by atoms with Gasteiger partial charge in [-0.3, -0.25) is 14.9 Å². The Morgan fingerprint density at radius 2 is 1.76 bits per heavy atom. The van der Waals surface area contributed by atoms with E-state index in [1.54, 1.807) is 6.07 Å². The van der Waals surface area contributed by atoms with Crippen molar-refractivity contribution in [3.05, 3.63) is 104 Å². The van der Waals surface area contributed by atoms with Crippen LogP contribution < -0.4 is 4.90 Å². The molecule has 0 aliphatic carbocycles. The van der Waals surface area contributed by atoms with E-state index in [4.69, 9.17) is 0 Å². The van der Waals surface area contributed by atoms with Crippen LogP contribution in [0.4, 0.5) is 5.69 Å². The molecule has 0 amide bonds. The number of rotatable bonds is 4. The summed E-state index contributed by atoms with van der Waals surface area (Å²) < 4.78 is 0. The van der Waals surface area contributed by atoms with Crippen LogP contribution in [0, 0.1) is 10.1 Å². The number of fused-ring (bicyclic) bond motifs is 3. The minimum atomic E-state index is -0.907. The molecule has 1 aromatic heterocycles. The predicted octanol–water partition coefficient (Wildman–Crippen LogP) is 4.64. The summed E-state index contributed by atoms with van der Waals surface area (Å²) in [5.74, 6) is -0.602. The fourth-order valence-corrected chi connectivity index (χ4v) is 5.37. The third kappa shape index (κ3) is 2.79. The number of nitro groups is 1. The van der Waals surface area contributed by atoms with Crippen LogP contribution in [-0.4, -0.2) is 28.8 Å². The maximum Gasteiger partial charge on any atom is 0.245 e. The van der Waals surface area contributed by atoms with Crippen LogP contribution in [0.15, 0.2) is 78.2 Å². The third-order valence-electron chi connectivity index (χ3n) is 5.83. The molecule has 0 saturated carbocycles. The number of hydrogen-bond donors (Lipinski definition) is 0. The van der Waals surface area contributed by atoms with Crippen molar-refractivity contribution < 1.29 is 9.72 Å². The summed E-state index contributed by atoms with van der Waals surface area (Å²) in [6.45, 7) is 0. The average molecular weight is 402 g/mol. The number of Topliss-reactive ketones (excluding diaryl/α,β-unsaturated/α-hetero) is 1. The van der Waals surface area contributed by atoms with Crippen molar-refractivity contribution in [3.8, 4) is 0 Å². The van der Waals surface area contributed by atoms with E-state index in [9.17, 15) is 14.9 Å². The van der Waals surface area contributed by atoms with Crippen molar-refractivity contribution >= 4 is 28.9 Å². The lowest BCUT2D eigenvalue weighted by atomic mass is 9.85. The fourth-order valence-electron chi connectivity index (χ4n) is 4.67. The Bertz CT molecular complexity index is 1090. The molecule has 1 fully saturated rings. The molecule has 0 radical (unpaired) electrons. The van der Waals surface area contributed by atoms with Crippen molar-refractivity contribution in [2.24, 2.45) is 0 Å². The minimum absolute atomic E-state index is 0.0618. The van der Waals surface area contributed by atoms with Crippen LogP contribution in [0.1, 0.15) is 26.7 Å². The van der Waals surface area contributed by atoms with Crippen LogP contribution in [-0.2, 0) is 0 Å². The monoisotopic (exact) mass is 402 g/mol. The molecule has 1 saturated heterocycles. The Morgan fingerprint density at radius 1 is 1.00 bits per heavy atom. The first-order valence-corrected chi connectivity index (χ1v) is 10.4. The lowest BCUT2D eigenvalue weighted by molar-refractivity contribution is -0.524. The van der Waals surface area contributed by atoms with Gasteiger partial charge in [0.2, 0.25) is 6.04 Å². The van der Waals surface area contributed by atoms with Gasteiger partial charge in [-0.2, -0.15) is 0 Å². The number of benzene rings is 2. The summed E-state index contributed by atoms with van der Waals surface area (Å²) in [7, 11) is 0. The number of carbonyl (C=O) groups excluding carboxylic acids is 1. The van der Waals surface area contributed by atoms with Gasteiger partial charge in [-0.15, -0.1) is 11.3 Å². The average Bonchev–Trinajstić information content (AvgIpc) is 3.40. The van der Waals surface area contributed by atoms with Gasteiger partial charge in [-0.25, -0.2) is 0 Å². The van der Waals surface area contributed by atoms with E-state index in [2.05, 4.69) is 0 Å². The van der Waals surface area contributed by atoms with Crippen LogP contribution in [0.3, 0.4) is 0 Å². The number of ketones is 1. The Hall–Kier alpha value is -3.25. The first-order chi connectivity index (χ1) is 14.2. The molecule has 144 valence electrons. The van der Waals surface area contributed by atoms with E-state index in [0.29, 0.717) is 4.88 Å². The standard InChI is InChI=1S/C23H18N2O3S/c26-23(19-11-6-14-29-19)22-20(16-8-2-1-3-9-16)21(25(27)28)18-13-12-15-7-4-5-10-17(15)24(18)22/h1-14,18,20-22H/t18-,20+,21-,22+/m0/s1. The van der Waals surface area contributed by atoms with Crippen molar-refractivity contribution in [1.29, 1.82) is 0 Å². The minimum Gasteiger partial charge on any atom is -0.346 e. The van der Waals surface area contributed by atoms with Gasteiger partial charge in [0.15, 0.2) is 5.78 Å². The molecular weight excluding hydrogens is 384 g/mol.